The second-order valence-corrected chi connectivity index (χ2v) is 8.09. The lowest BCUT2D eigenvalue weighted by atomic mass is 9.93. The van der Waals surface area contributed by atoms with Gasteiger partial charge in [-0.3, -0.25) is 9.59 Å². The standard InChI is InChI=1S/C25H29ClN2O3/c1-3-27(4-2)16-17-28-23(19-11-13-20(26)14-12-19)22(24(30)25(28)31)21(29)15-10-18-8-6-5-7-9-18/h5-9,11-14,23,30H,3-4,10,15-17H2,1-2H3. The summed E-state index contributed by atoms with van der Waals surface area (Å²) in [6.45, 7) is 6.97. The van der Waals surface area contributed by atoms with Gasteiger partial charge in [0.1, 0.15) is 0 Å². The maximum atomic E-state index is 13.2. The van der Waals surface area contributed by atoms with E-state index < -0.39 is 17.7 Å². The van der Waals surface area contributed by atoms with Crippen LogP contribution in [-0.2, 0) is 16.0 Å². The van der Waals surface area contributed by atoms with Crippen molar-refractivity contribution < 1.29 is 14.7 Å². The fraction of sp³-hybridized carbons (Fsp3) is 0.360. The van der Waals surface area contributed by atoms with E-state index in [1.54, 1.807) is 17.0 Å². The molecular formula is C25H29ClN2O3. The molecule has 1 N–H and O–H groups in total. The second-order valence-electron chi connectivity index (χ2n) is 7.65. The van der Waals surface area contributed by atoms with E-state index in [1.807, 2.05) is 42.5 Å². The molecule has 1 unspecified atom stereocenters. The minimum Gasteiger partial charge on any atom is -0.503 e. The molecular weight excluding hydrogens is 412 g/mol. The normalized spacial score (nSPS) is 16.5. The van der Waals surface area contributed by atoms with Crippen molar-refractivity contribution >= 4 is 23.3 Å². The lowest BCUT2D eigenvalue weighted by Gasteiger charge is -2.29. The molecule has 0 radical (unpaired) electrons. The quantitative estimate of drug-likeness (QED) is 0.587. The third kappa shape index (κ3) is 5.35. The highest BCUT2D eigenvalue weighted by molar-refractivity contribution is 6.30. The zero-order valence-electron chi connectivity index (χ0n) is 18.1. The molecule has 6 heteroatoms. The van der Waals surface area contributed by atoms with E-state index in [4.69, 9.17) is 11.6 Å². The first-order chi connectivity index (χ1) is 15.0. The summed E-state index contributed by atoms with van der Waals surface area (Å²) in [7, 11) is 0. The first-order valence-electron chi connectivity index (χ1n) is 10.7. The summed E-state index contributed by atoms with van der Waals surface area (Å²) in [5.74, 6) is -1.13. The number of aliphatic hydroxyl groups is 1. The number of ketones is 1. The molecule has 3 rings (SSSR count). The molecule has 31 heavy (non-hydrogen) atoms. The van der Waals surface area contributed by atoms with E-state index in [2.05, 4.69) is 18.7 Å². The van der Waals surface area contributed by atoms with E-state index in [1.165, 1.54) is 0 Å². The van der Waals surface area contributed by atoms with Gasteiger partial charge in [-0.05, 0) is 42.8 Å². The molecule has 0 bridgehead atoms. The number of Topliss-reactive ketones (excluding diaryl/α,β-unsaturated/α-hetero) is 1. The highest BCUT2D eigenvalue weighted by atomic mass is 35.5. The van der Waals surface area contributed by atoms with Crippen molar-refractivity contribution in [1.82, 2.24) is 9.80 Å². The molecule has 0 aliphatic carbocycles. The number of rotatable bonds is 10. The Morgan fingerprint density at radius 3 is 2.32 bits per heavy atom. The van der Waals surface area contributed by atoms with Crippen LogP contribution in [-0.4, -0.2) is 52.8 Å². The molecule has 164 valence electrons. The summed E-state index contributed by atoms with van der Waals surface area (Å²) < 4.78 is 0. The van der Waals surface area contributed by atoms with Crippen molar-refractivity contribution in [2.24, 2.45) is 0 Å². The van der Waals surface area contributed by atoms with Crippen LogP contribution in [0.15, 0.2) is 65.9 Å². The number of nitrogens with zero attached hydrogens (tertiary/aromatic N) is 2. The summed E-state index contributed by atoms with van der Waals surface area (Å²) >= 11 is 6.05. The zero-order chi connectivity index (χ0) is 22.4. The van der Waals surface area contributed by atoms with E-state index in [0.29, 0.717) is 24.5 Å². The van der Waals surface area contributed by atoms with Gasteiger partial charge in [-0.2, -0.15) is 0 Å². The minimum atomic E-state index is -0.608. The first kappa shape index (κ1) is 23.0. The second kappa shape index (κ2) is 10.6. The number of carbonyl (C=O) groups excluding carboxylic acids is 2. The van der Waals surface area contributed by atoms with E-state index in [-0.39, 0.29) is 17.8 Å². The predicted molar refractivity (Wildman–Crippen MR) is 123 cm³/mol. The van der Waals surface area contributed by atoms with Crippen molar-refractivity contribution in [2.45, 2.75) is 32.7 Å². The fourth-order valence-corrected chi connectivity index (χ4v) is 4.11. The molecule has 1 heterocycles. The third-order valence-corrected chi connectivity index (χ3v) is 6.08. The number of hydrogen-bond acceptors (Lipinski definition) is 4. The van der Waals surface area contributed by atoms with Gasteiger partial charge in [0, 0.05) is 24.5 Å². The van der Waals surface area contributed by atoms with E-state index in [9.17, 15) is 14.7 Å². The molecule has 0 aromatic heterocycles. The average Bonchev–Trinajstić information content (AvgIpc) is 3.04. The predicted octanol–water partition coefficient (Wildman–Crippen LogP) is 4.58. The molecule has 2 aromatic carbocycles. The van der Waals surface area contributed by atoms with Gasteiger partial charge >= 0.3 is 0 Å². The molecule has 5 nitrogen and oxygen atoms in total. The van der Waals surface area contributed by atoms with Gasteiger partial charge in [-0.15, -0.1) is 0 Å². The SMILES string of the molecule is CCN(CC)CCN1C(=O)C(O)=C(C(=O)CCc2ccccc2)C1c1ccc(Cl)cc1. The molecule has 1 aliphatic heterocycles. The Morgan fingerprint density at radius 2 is 1.71 bits per heavy atom. The molecule has 1 atom stereocenters. The number of halogens is 1. The Kier molecular flexibility index (Phi) is 7.88. The summed E-state index contributed by atoms with van der Waals surface area (Å²) in [6.07, 6.45) is 0.780. The number of carbonyl (C=O) groups is 2. The smallest absolute Gasteiger partial charge is 0.290 e. The Bertz CT molecular complexity index is 937. The van der Waals surface area contributed by atoms with Crippen LogP contribution >= 0.6 is 11.6 Å². The largest absolute Gasteiger partial charge is 0.503 e. The maximum absolute atomic E-state index is 13.2. The molecule has 0 fully saturated rings. The van der Waals surface area contributed by atoms with Gasteiger partial charge in [0.2, 0.25) is 0 Å². The van der Waals surface area contributed by atoms with E-state index >= 15 is 0 Å². The van der Waals surface area contributed by atoms with Gasteiger partial charge in [0.25, 0.3) is 5.91 Å². The van der Waals surface area contributed by atoms with Gasteiger partial charge in [0.05, 0.1) is 11.6 Å². The number of aliphatic hydroxyl groups excluding tert-OH is 1. The van der Waals surface area contributed by atoms with Gasteiger partial charge in [0.15, 0.2) is 11.5 Å². The topological polar surface area (TPSA) is 60.9 Å². The van der Waals surface area contributed by atoms with Crippen molar-refractivity contribution in [3.05, 3.63) is 82.1 Å². The number of hydrogen-bond donors (Lipinski definition) is 1. The monoisotopic (exact) mass is 440 g/mol. The number of likely N-dealkylation sites (N-methyl/N-ethyl adjacent to an activating group) is 1. The molecule has 2 aromatic rings. The Balaban J connectivity index is 1.87. The van der Waals surface area contributed by atoms with Crippen LogP contribution in [0, 0.1) is 0 Å². The molecule has 0 spiro atoms. The first-order valence-corrected chi connectivity index (χ1v) is 11.1. The highest BCUT2D eigenvalue weighted by Gasteiger charge is 2.43. The Hall–Kier alpha value is -2.63. The molecule has 0 saturated carbocycles. The fourth-order valence-electron chi connectivity index (χ4n) is 3.99. The van der Waals surface area contributed by atoms with Crippen LogP contribution in [0.2, 0.25) is 5.02 Å². The highest BCUT2D eigenvalue weighted by Crippen LogP contribution is 2.38. The lowest BCUT2D eigenvalue weighted by molar-refractivity contribution is -0.129. The van der Waals surface area contributed by atoms with Crippen LogP contribution in [0.5, 0.6) is 0 Å². The van der Waals surface area contributed by atoms with E-state index in [0.717, 1.165) is 24.2 Å². The van der Waals surface area contributed by atoms with Crippen LogP contribution < -0.4 is 0 Å². The van der Waals surface area contributed by atoms with Crippen molar-refractivity contribution in [1.29, 1.82) is 0 Å². The van der Waals surface area contributed by atoms with Crippen LogP contribution in [0.25, 0.3) is 0 Å². The molecule has 1 aliphatic rings. The van der Waals surface area contributed by atoms with Gasteiger partial charge in [-0.25, -0.2) is 0 Å². The minimum absolute atomic E-state index is 0.183. The average molecular weight is 441 g/mol. The number of benzene rings is 2. The van der Waals surface area contributed by atoms with Crippen LogP contribution in [0.3, 0.4) is 0 Å². The lowest BCUT2D eigenvalue weighted by Crippen LogP contribution is -2.38. The zero-order valence-corrected chi connectivity index (χ0v) is 18.8. The van der Waals surface area contributed by atoms with Crippen molar-refractivity contribution in [2.75, 3.05) is 26.2 Å². The van der Waals surface area contributed by atoms with Crippen LogP contribution in [0.1, 0.15) is 37.4 Å². The summed E-state index contributed by atoms with van der Waals surface area (Å²) in [4.78, 5) is 30.0. The van der Waals surface area contributed by atoms with Gasteiger partial charge in [-0.1, -0.05) is 67.9 Å². The number of aryl methyl sites for hydroxylation is 1. The third-order valence-electron chi connectivity index (χ3n) is 5.82. The summed E-state index contributed by atoms with van der Waals surface area (Å²) in [6, 6.07) is 16.2. The Morgan fingerprint density at radius 1 is 1.06 bits per heavy atom. The Labute approximate surface area is 188 Å². The van der Waals surface area contributed by atoms with Crippen molar-refractivity contribution in [3.63, 3.8) is 0 Å². The summed E-state index contributed by atoms with van der Waals surface area (Å²) in [5, 5.41) is 11.3. The number of amides is 1. The maximum Gasteiger partial charge on any atom is 0.290 e. The van der Waals surface area contributed by atoms with Gasteiger partial charge < -0.3 is 14.9 Å². The molecule has 0 saturated heterocycles. The van der Waals surface area contributed by atoms with Crippen LogP contribution in [0.4, 0.5) is 0 Å². The molecule has 1 amide bonds. The summed E-state index contributed by atoms with van der Waals surface area (Å²) in [5.41, 5.74) is 1.99. The van der Waals surface area contributed by atoms with Crippen molar-refractivity contribution in [3.8, 4) is 0 Å².